The van der Waals surface area contributed by atoms with Gasteiger partial charge in [-0.25, -0.2) is 0 Å². The van der Waals surface area contributed by atoms with Gasteiger partial charge in [0.15, 0.2) is 0 Å². The highest BCUT2D eigenvalue weighted by atomic mass is 16.3. The summed E-state index contributed by atoms with van der Waals surface area (Å²) in [6.07, 6.45) is 1.80. The Balaban J connectivity index is 1.70. The molecule has 5 nitrogen and oxygen atoms in total. The van der Waals surface area contributed by atoms with Gasteiger partial charge in [-0.15, -0.1) is 0 Å². The Bertz CT molecular complexity index is 564. The van der Waals surface area contributed by atoms with Gasteiger partial charge in [-0.3, -0.25) is 9.69 Å². The Kier molecular flexibility index (Phi) is 3.91. The molecular weight excluding hydrogens is 266 g/mol. The van der Waals surface area contributed by atoms with E-state index in [2.05, 4.69) is 11.0 Å². The first kappa shape index (κ1) is 14.1. The molecule has 3 rings (SSSR count). The summed E-state index contributed by atoms with van der Waals surface area (Å²) in [5.74, 6) is 0.444. The molecule has 0 saturated carbocycles. The van der Waals surface area contributed by atoms with Crippen LogP contribution in [0, 0.1) is 17.2 Å². The van der Waals surface area contributed by atoms with E-state index in [1.165, 1.54) is 0 Å². The molecule has 0 aromatic heterocycles. The number of nitrogens with zero attached hydrogens (tertiary/aromatic N) is 3. The van der Waals surface area contributed by atoms with Crippen molar-refractivity contribution in [2.75, 3.05) is 31.1 Å². The molecule has 0 aliphatic carbocycles. The minimum Gasteiger partial charge on any atom is -0.396 e. The van der Waals surface area contributed by atoms with Crippen molar-refractivity contribution < 1.29 is 9.90 Å². The van der Waals surface area contributed by atoms with Crippen molar-refractivity contribution in [3.05, 3.63) is 29.8 Å². The molecule has 1 aromatic carbocycles. The number of aliphatic hydroxyl groups is 1. The summed E-state index contributed by atoms with van der Waals surface area (Å²) in [6.45, 7) is 2.63. The Hall–Kier alpha value is -1.90. The number of nitriles is 1. The van der Waals surface area contributed by atoms with Gasteiger partial charge in [-0.05, 0) is 49.6 Å². The standard InChI is InChI=1S/C16H19N3O2/c17-9-12-1-3-14(4-2-12)19-8-6-15(16(19)21)18-7-5-13(10-18)11-20/h1-4,13,15,20H,5-8,10-11H2. The van der Waals surface area contributed by atoms with Gasteiger partial charge in [-0.2, -0.15) is 5.26 Å². The van der Waals surface area contributed by atoms with Crippen LogP contribution < -0.4 is 4.90 Å². The fraction of sp³-hybridized carbons (Fsp3) is 0.500. The average molecular weight is 285 g/mol. The molecule has 0 bridgehead atoms. The molecule has 2 unspecified atom stereocenters. The van der Waals surface area contributed by atoms with Crippen molar-refractivity contribution in [1.82, 2.24) is 4.90 Å². The lowest BCUT2D eigenvalue weighted by atomic mass is 10.1. The third-order valence-corrected chi connectivity index (χ3v) is 4.50. The second-order valence-corrected chi connectivity index (χ2v) is 5.79. The van der Waals surface area contributed by atoms with Crippen LogP contribution in [0.1, 0.15) is 18.4 Å². The maximum absolute atomic E-state index is 12.6. The van der Waals surface area contributed by atoms with Crippen molar-refractivity contribution in [3.63, 3.8) is 0 Å². The Morgan fingerprint density at radius 3 is 2.62 bits per heavy atom. The van der Waals surface area contributed by atoms with Gasteiger partial charge >= 0.3 is 0 Å². The third kappa shape index (κ3) is 2.65. The number of aliphatic hydroxyl groups excluding tert-OH is 1. The van der Waals surface area contributed by atoms with Gasteiger partial charge in [0.1, 0.15) is 0 Å². The fourth-order valence-electron chi connectivity index (χ4n) is 3.27. The van der Waals surface area contributed by atoms with E-state index in [-0.39, 0.29) is 18.6 Å². The first-order valence-electron chi connectivity index (χ1n) is 7.39. The van der Waals surface area contributed by atoms with E-state index < -0.39 is 0 Å². The summed E-state index contributed by atoms with van der Waals surface area (Å²) in [5, 5.41) is 18.0. The first-order valence-corrected chi connectivity index (χ1v) is 7.39. The highest BCUT2D eigenvalue weighted by molar-refractivity contribution is 5.99. The van der Waals surface area contributed by atoms with E-state index in [1.54, 1.807) is 17.0 Å². The monoisotopic (exact) mass is 285 g/mol. The lowest BCUT2D eigenvalue weighted by Gasteiger charge is -2.23. The molecule has 2 atom stereocenters. The van der Waals surface area contributed by atoms with Crippen LogP contribution in [0.4, 0.5) is 5.69 Å². The predicted molar refractivity (Wildman–Crippen MR) is 78.7 cm³/mol. The smallest absolute Gasteiger partial charge is 0.244 e. The van der Waals surface area contributed by atoms with Gasteiger partial charge in [0.05, 0.1) is 17.7 Å². The summed E-state index contributed by atoms with van der Waals surface area (Å²) in [4.78, 5) is 16.6. The van der Waals surface area contributed by atoms with E-state index in [0.717, 1.165) is 38.2 Å². The summed E-state index contributed by atoms with van der Waals surface area (Å²) in [7, 11) is 0. The van der Waals surface area contributed by atoms with Crippen molar-refractivity contribution in [1.29, 1.82) is 5.26 Å². The van der Waals surface area contributed by atoms with Crippen molar-refractivity contribution >= 4 is 11.6 Å². The van der Waals surface area contributed by atoms with E-state index in [0.29, 0.717) is 11.5 Å². The van der Waals surface area contributed by atoms with Gasteiger partial charge in [0, 0.05) is 25.4 Å². The summed E-state index contributed by atoms with van der Waals surface area (Å²) in [5.41, 5.74) is 1.46. The van der Waals surface area contributed by atoms with Crippen LogP contribution in [0.5, 0.6) is 0 Å². The van der Waals surface area contributed by atoms with Crippen LogP contribution >= 0.6 is 0 Å². The number of carbonyl (C=O) groups excluding carboxylic acids is 1. The van der Waals surface area contributed by atoms with E-state index in [9.17, 15) is 9.90 Å². The summed E-state index contributed by atoms with van der Waals surface area (Å²) >= 11 is 0. The van der Waals surface area contributed by atoms with Crippen molar-refractivity contribution in [2.24, 2.45) is 5.92 Å². The maximum atomic E-state index is 12.6. The minimum atomic E-state index is -0.0582. The fourth-order valence-corrected chi connectivity index (χ4v) is 3.27. The number of hydrogen-bond acceptors (Lipinski definition) is 4. The molecule has 1 amide bonds. The Labute approximate surface area is 124 Å². The molecule has 2 aliphatic rings. The molecule has 110 valence electrons. The molecule has 2 fully saturated rings. The number of likely N-dealkylation sites (tertiary alicyclic amines) is 1. The first-order chi connectivity index (χ1) is 10.2. The Morgan fingerprint density at radius 1 is 1.24 bits per heavy atom. The molecule has 2 aliphatic heterocycles. The summed E-state index contributed by atoms with van der Waals surface area (Å²) in [6, 6.07) is 9.18. The highest BCUT2D eigenvalue weighted by Gasteiger charge is 2.39. The lowest BCUT2D eigenvalue weighted by molar-refractivity contribution is -0.121. The third-order valence-electron chi connectivity index (χ3n) is 4.50. The van der Waals surface area contributed by atoms with Gasteiger partial charge < -0.3 is 10.0 Å². The number of amides is 1. The predicted octanol–water partition coefficient (Wildman–Crippen LogP) is 0.978. The zero-order valence-corrected chi connectivity index (χ0v) is 11.9. The SMILES string of the molecule is N#Cc1ccc(N2CCC(N3CCC(CO)C3)C2=O)cc1. The number of carbonyl (C=O) groups is 1. The average Bonchev–Trinajstić information content (AvgIpc) is 3.13. The molecule has 0 radical (unpaired) electrons. The molecule has 1 N–H and O–H groups in total. The molecular formula is C16H19N3O2. The maximum Gasteiger partial charge on any atom is 0.244 e. The molecule has 0 spiro atoms. The zero-order chi connectivity index (χ0) is 14.8. The van der Waals surface area contributed by atoms with Crippen LogP contribution in [0.3, 0.4) is 0 Å². The van der Waals surface area contributed by atoms with Crippen molar-refractivity contribution in [3.8, 4) is 6.07 Å². The van der Waals surface area contributed by atoms with Gasteiger partial charge in [0.2, 0.25) is 5.91 Å². The Morgan fingerprint density at radius 2 is 2.00 bits per heavy atom. The highest BCUT2D eigenvalue weighted by Crippen LogP contribution is 2.28. The number of anilines is 1. The molecule has 1 aromatic rings. The molecule has 2 heterocycles. The second-order valence-electron chi connectivity index (χ2n) is 5.79. The molecule has 2 saturated heterocycles. The van der Waals surface area contributed by atoms with E-state index in [4.69, 9.17) is 5.26 Å². The zero-order valence-electron chi connectivity index (χ0n) is 11.9. The van der Waals surface area contributed by atoms with Gasteiger partial charge in [-0.1, -0.05) is 0 Å². The van der Waals surface area contributed by atoms with Crippen LogP contribution in [-0.4, -0.2) is 48.2 Å². The number of benzene rings is 1. The second kappa shape index (κ2) is 5.84. The topological polar surface area (TPSA) is 67.6 Å². The largest absolute Gasteiger partial charge is 0.396 e. The van der Waals surface area contributed by atoms with Crippen LogP contribution in [0.25, 0.3) is 0 Å². The van der Waals surface area contributed by atoms with E-state index >= 15 is 0 Å². The normalized spacial score (nSPS) is 26.3. The quantitative estimate of drug-likeness (QED) is 0.899. The van der Waals surface area contributed by atoms with Crippen LogP contribution in [-0.2, 0) is 4.79 Å². The van der Waals surface area contributed by atoms with Crippen LogP contribution in [0.15, 0.2) is 24.3 Å². The van der Waals surface area contributed by atoms with Crippen molar-refractivity contribution in [2.45, 2.75) is 18.9 Å². The number of hydrogen-bond donors (Lipinski definition) is 1. The summed E-state index contributed by atoms with van der Waals surface area (Å²) < 4.78 is 0. The van der Waals surface area contributed by atoms with E-state index in [1.807, 2.05) is 12.1 Å². The molecule has 21 heavy (non-hydrogen) atoms. The number of rotatable bonds is 3. The molecule has 5 heteroatoms. The lowest BCUT2D eigenvalue weighted by Crippen LogP contribution is -2.40. The minimum absolute atomic E-state index is 0.0582. The van der Waals surface area contributed by atoms with Crippen LogP contribution in [0.2, 0.25) is 0 Å². The van der Waals surface area contributed by atoms with Gasteiger partial charge in [0.25, 0.3) is 0 Å².